The average molecular weight is 444 g/mol. The molecule has 0 bridgehead atoms. The second-order valence-electron chi connectivity index (χ2n) is 8.31. The van der Waals surface area contributed by atoms with Crippen molar-refractivity contribution >= 4 is 24.2 Å². The summed E-state index contributed by atoms with van der Waals surface area (Å²) < 4.78 is 9.69. The van der Waals surface area contributed by atoms with E-state index < -0.39 is 46.2 Å². The van der Waals surface area contributed by atoms with Crippen LogP contribution in [0.1, 0.15) is 64.6 Å². The smallest absolute Gasteiger partial charge is 0.478 e. The van der Waals surface area contributed by atoms with Gasteiger partial charge in [0, 0.05) is 11.0 Å². The Bertz CT molecular complexity index is 1160. The zero-order chi connectivity index (χ0) is 24.0. The van der Waals surface area contributed by atoms with Gasteiger partial charge in [0.25, 0.3) is 0 Å². The first-order chi connectivity index (χ1) is 14.8. The maximum atomic E-state index is 11.7. The Balaban J connectivity index is 2.35. The summed E-state index contributed by atoms with van der Waals surface area (Å²) in [7, 11) is 0. The van der Waals surface area contributed by atoms with Crippen molar-refractivity contribution < 1.29 is 49.1 Å². The van der Waals surface area contributed by atoms with E-state index in [1.165, 1.54) is 24.3 Å². The largest absolute Gasteiger partial charge is 0.511 e. The lowest BCUT2D eigenvalue weighted by Gasteiger charge is -2.30. The fourth-order valence-electron chi connectivity index (χ4n) is 4.60. The predicted molar refractivity (Wildman–Crippen MR) is 108 cm³/mol. The average Bonchev–Trinajstić information content (AvgIpc) is 2.88. The van der Waals surface area contributed by atoms with Crippen molar-refractivity contribution in [1.29, 1.82) is 0 Å². The summed E-state index contributed by atoms with van der Waals surface area (Å²) in [4.78, 5) is 45.7. The molecule has 1 unspecified atom stereocenters. The topological polar surface area (TPSA) is 168 Å². The Kier molecular flexibility index (Phi) is 5.34. The Labute approximate surface area is 181 Å². The zero-order valence-electron chi connectivity index (χ0n) is 17.3. The standard InChI is InChI=1S/C22H20O10/c1-21(2)9-22(3,10-4-5-11(17(23)24)12(8-10)18(25)26)15-13(21)6-7-14(31-19(27)28)16(15)32-20(29)30/h4-8H,9H2,1-3H3,(H,23,24)(H,25,26)(H,27,28)(H,29,30). The molecule has 10 nitrogen and oxygen atoms in total. The third-order valence-electron chi connectivity index (χ3n) is 5.70. The molecule has 3 rings (SSSR count). The first kappa shape index (κ1) is 22.6. The fourth-order valence-corrected chi connectivity index (χ4v) is 4.60. The molecule has 0 radical (unpaired) electrons. The Hall–Kier alpha value is -4.08. The van der Waals surface area contributed by atoms with Gasteiger partial charge in [-0.05, 0) is 41.2 Å². The quantitative estimate of drug-likeness (QED) is 0.388. The van der Waals surface area contributed by atoms with Crippen molar-refractivity contribution in [2.45, 2.75) is 38.0 Å². The second kappa shape index (κ2) is 7.56. The monoisotopic (exact) mass is 444 g/mol. The zero-order valence-corrected chi connectivity index (χ0v) is 17.3. The first-order valence-electron chi connectivity index (χ1n) is 9.38. The van der Waals surface area contributed by atoms with E-state index in [0.29, 0.717) is 23.1 Å². The van der Waals surface area contributed by atoms with Gasteiger partial charge in [-0.2, -0.15) is 0 Å². The molecule has 32 heavy (non-hydrogen) atoms. The van der Waals surface area contributed by atoms with Gasteiger partial charge >= 0.3 is 24.2 Å². The van der Waals surface area contributed by atoms with Crippen LogP contribution in [0.5, 0.6) is 11.5 Å². The van der Waals surface area contributed by atoms with Crippen LogP contribution in [-0.2, 0) is 10.8 Å². The normalized spacial score (nSPS) is 18.5. The molecule has 1 atom stereocenters. The third kappa shape index (κ3) is 3.70. The van der Waals surface area contributed by atoms with Crippen molar-refractivity contribution in [1.82, 2.24) is 0 Å². The van der Waals surface area contributed by atoms with Crippen molar-refractivity contribution in [3.05, 3.63) is 58.1 Å². The van der Waals surface area contributed by atoms with Crippen molar-refractivity contribution in [2.24, 2.45) is 0 Å². The van der Waals surface area contributed by atoms with Gasteiger partial charge in [0.2, 0.25) is 0 Å². The Morgan fingerprint density at radius 2 is 1.41 bits per heavy atom. The van der Waals surface area contributed by atoms with E-state index in [9.17, 15) is 34.5 Å². The van der Waals surface area contributed by atoms with Gasteiger partial charge in [-0.1, -0.05) is 32.9 Å². The van der Waals surface area contributed by atoms with Crippen LogP contribution >= 0.6 is 0 Å². The summed E-state index contributed by atoms with van der Waals surface area (Å²) >= 11 is 0. The van der Waals surface area contributed by atoms with Crippen LogP contribution in [0.4, 0.5) is 9.59 Å². The van der Waals surface area contributed by atoms with Crippen LogP contribution in [0.2, 0.25) is 0 Å². The highest BCUT2D eigenvalue weighted by Gasteiger charge is 2.49. The van der Waals surface area contributed by atoms with E-state index in [1.807, 2.05) is 13.8 Å². The van der Waals surface area contributed by atoms with Gasteiger partial charge in [-0.25, -0.2) is 19.2 Å². The number of hydrogen-bond donors (Lipinski definition) is 4. The predicted octanol–water partition coefficient (Wildman–Crippen LogP) is 4.18. The van der Waals surface area contributed by atoms with E-state index in [-0.39, 0.29) is 11.5 Å². The number of rotatable bonds is 5. The highest BCUT2D eigenvalue weighted by atomic mass is 16.7. The van der Waals surface area contributed by atoms with E-state index in [1.54, 1.807) is 13.0 Å². The number of fused-ring (bicyclic) bond motifs is 1. The summed E-state index contributed by atoms with van der Waals surface area (Å²) in [6, 6.07) is 6.77. The SMILES string of the molecule is CC1(C)CC(C)(c2ccc(C(=O)O)c(C(=O)O)c2)c2c1ccc(OC(=O)O)c2OC(=O)O. The molecule has 0 saturated carbocycles. The van der Waals surface area contributed by atoms with Gasteiger partial charge in [0.1, 0.15) is 0 Å². The van der Waals surface area contributed by atoms with E-state index in [0.717, 1.165) is 0 Å². The molecule has 0 spiro atoms. The van der Waals surface area contributed by atoms with Gasteiger partial charge in [-0.3, -0.25) is 0 Å². The van der Waals surface area contributed by atoms with Gasteiger partial charge < -0.3 is 29.9 Å². The number of carbonyl (C=O) groups is 4. The number of hydrogen-bond acceptors (Lipinski definition) is 6. The number of benzene rings is 2. The minimum atomic E-state index is -1.69. The molecule has 1 aliphatic carbocycles. The van der Waals surface area contributed by atoms with Crippen molar-refractivity contribution in [3.8, 4) is 11.5 Å². The summed E-state index contributed by atoms with van der Waals surface area (Å²) in [6.07, 6.45) is -2.99. The highest BCUT2D eigenvalue weighted by molar-refractivity contribution is 6.02. The summed E-state index contributed by atoms with van der Waals surface area (Å²) in [6.45, 7) is 5.51. The van der Waals surface area contributed by atoms with Crippen LogP contribution in [0.3, 0.4) is 0 Å². The molecule has 0 aliphatic heterocycles. The van der Waals surface area contributed by atoms with Gasteiger partial charge in [0.05, 0.1) is 11.1 Å². The Morgan fingerprint density at radius 1 is 0.812 bits per heavy atom. The molecular weight excluding hydrogens is 424 g/mol. The summed E-state index contributed by atoms with van der Waals surface area (Å²) in [5, 5.41) is 37.2. The maximum Gasteiger partial charge on any atom is 0.511 e. The van der Waals surface area contributed by atoms with E-state index in [4.69, 9.17) is 14.6 Å². The summed E-state index contributed by atoms with van der Waals surface area (Å²) in [5.41, 5.74) is -1.04. The molecule has 0 heterocycles. The fraction of sp³-hybridized carbons (Fsp3) is 0.273. The number of ether oxygens (including phenoxy) is 2. The highest BCUT2D eigenvalue weighted by Crippen LogP contribution is 2.58. The molecular formula is C22H20O10. The summed E-state index contributed by atoms with van der Waals surface area (Å²) in [5.74, 6) is -3.48. The number of aromatic carboxylic acids is 2. The molecule has 2 aromatic rings. The van der Waals surface area contributed by atoms with Gasteiger partial charge in [-0.15, -0.1) is 0 Å². The molecule has 0 amide bonds. The lowest BCUT2D eigenvalue weighted by atomic mass is 9.74. The number of carboxylic acids is 2. The maximum absolute atomic E-state index is 11.7. The molecule has 0 fully saturated rings. The molecule has 2 aromatic carbocycles. The minimum absolute atomic E-state index is 0.315. The third-order valence-corrected chi connectivity index (χ3v) is 5.70. The second-order valence-corrected chi connectivity index (χ2v) is 8.31. The van der Waals surface area contributed by atoms with E-state index >= 15 is 0 Å². The minimum Gasteiger partial charge on any atom is -0.478 e. The lowest BCUT2D eigenvalue weighted by Crippen LogP contribution is -2.25. The molecule has 0 aromatic heterocycles. The van der Waals surface area contributed by atoms with Crippen molar-refractivity contribution in [2.75, 3.05) is 0 Å². The van der Waals surface area contributed by atoms with Gasteiger partial charge in [0.15, 0.2) is 11.5 Å². The lowest BCUT2D eigenvalue weighted by molar-refractivity contribution is 0.0651. The molecule has 10 heteroatoms. The Morgan fingerprint density at radius 3 is 1.94 bits per heavy atom. The van der Waals surface area contributed by atoms with Crippen LogP contribution in [0.25, 0.3) is 0 Å². The molecule has 1 aliphatic rings. The molecule has 0 saturated heterocycles. The molecule has 168 valence electrons. The van der Waals surface area contributed by atoms with Crippen molar-refractivity contribution in [3.63, 3.8) is 0 Å². The van der Waals surface area contributed by atoms with E-state index in [2.05, 4.69) is 0 Å². The van der Waals surface area contributed by atoms with Crippen LogP contribution in [-0.4, -0.2) is 44.7 Å². The number of carboxylic acid groups (broad SMARTS) is 4. The van der Waals surface area contributed by atoms with Crippen LogP contribution in [0, 0.1) is 0 Å². The van der Waals surface area contributed by atoms with Crippen LogP contribution < -0.4 is 9.47 Å². The van der Waals surface area contributed by atoms with Crippen LogP contribution in [0.15, 0.2) is 30.3 Å². The first-order valence-corrected chi connectivity index (χ1v) is 9.38. The molecule has 4 N–H and O–H groups in total.